The Bertz CT molecular complexity index is 391. The summed E-state index contributed by atoms with van der Waals surface area (Å²) in [5, 5.41) is 3.34. The van der Waals surface area contributed by atoms with Crippen LogP contribution in [-0.4, -0.2) is 49.1 Å². The van der Waals surface area contributed by atoms with Gasteiger partial charge in [0, 0.05) is 31.2 Å². The zero-order chi connectivity index (χ0) is 14.4. The van der Waals surface area contributed by atoms with Gasteiger partial charge in [0.15, 0.2) is 0 Å². The highest BCUT2D eigenvalue weighted by Gasteiger charge is 2.22. The van der Waals surface area contributed by atoms with E-state index in [9.17, 15) is 0 Å². The molecular weight excluding hydrogens is 250 g/mol. The van der Waals surface area contributed by atoms with E-state index in [1.807, 2.05) is 6.26 Å². The molecule has 2 rings (SSSR count). The highest BCUT2D eigenvalue weighted by atomic mass is 16.3. The van der Waals surface area contributed by atoms with Crippen LogP contribution in [0, 0.1) is 0 Å². The molecule has 2 heterocycles. The first-order valence-corrected chi connectivity index (χ1v) is 7.92. The van der Waals surface area contributed by atoms with Gasteiger partial charge in [0.2, 0.25) is 0 Å². The Labute approximate surface area is 123 Å². The molecular formula is C16H29N3O. The lowest BCUT2D eigenvalue weighted by atomic mass is 10.1. The molecule has 0 radical (unpaired) electrons. The van der Waals surface area contributed by atoms with Gasteiger partial charge in [-0.25, -0.2) is 0 Å². The van der Waals surface area contributed by atoms with E-state index >= 15 is 0 Å². The lowest BCUT2D eigenvalue weighted by Crippen LogP contribution is -2.39. The van der Waals surface area contributed by atoms with Crippen molar-refractivity contribution in [3.8, 4) is 0 Å². The second-order valence-electron chi connectivity index (χ2n) is 5.85. The molecule has 1 aromatic heterocycles. The van der Waals surface area contributed by atoms with Crippen LogP contribution in [-0.2, 0) is 13.1 Å². The second kappa shape index (κ2) is 7.81. The topological polar surface area (TPSA) is 31.7 Å². The number of nitrogens with zero attached hydrogens (tertiary/aromatic N) is 2. The van der Waals surface area contributed by atoms with Crippen LogP contribution in [0.3, 0.4) is 0 Å². The summed E-state index contributed by atoms with van der Waals surface area (Å²) in [6.07, 6.45) is 4.34. The maximum absolute atomic E-state index is 5.73. The number of hydrogen-bond donors (Lipinski definition) is 1. The quantitative estimate of drug-likeness (QED) is 0.866. The first-order chi connectivity index (χ1) is 9.72. The number of rotatable bonds is 6. The zero-order valence-corrected chi connectivity index (χ0v) is 13.2. The molecule has 1 unspecified atom stereocenters. The van der Waals surface area contributed by atoms with Crippen LogP contribution in [0.4, 0.5) is 0 Å². The van der Waals surface area contributed by atoms with Crippen LogP contribution in [0.25, 0.3) is 0 Å². The van der Waals surface area contributed by atoms with E-state index in [2.05, 4.69) is 42.1 Å². The largest absolute Gasteiger partial charge is 0.468 e. The van der Waals surface area contributed by atoms with Crippen molar-refractivity contribution in [2.75, 3.05) is 33.2 Å². The van der Waals surface area contributed by atoms with E-state index in [1.54, 1.807) is 0 Å². The molecule has 0 bridgehead atoms. The summed E-state index contributed by atoms with van der Waals surface area (Å²) in [6, 6.07) is 2.84. The van der Waals surface area contributed by atoms with E-state index < -0.39 is 0 Å². The van der Waals surface area contributed by atoms with Crippen LogP contribution < -0.4 is 5.32 Å². The molecule has 1 N–H and O–H groups in total. The molecule has 4 heteroatoms. The lowest BCUT2D eigenvalue weighted by molar-refractivity contribution is 0.164. The molecule has 1 atom stereocenters. The molecule has 114 valence electrons. The smallest absolute Gasteiger partial charge is 0.118 e. The van der Waals surface area contributed by atoms with Crippen LogP contribution in [0.5, 0.6) is 0 Å². The van der Waals surface area contributed by atoms with Crippen molar-refractivity contribution >= 4 is 0 Å². The molecule has 1 aromatic rings. The van der Waals surface area contributed by atoms with Crippen molar-refractivity contribution in [2.45, 2.75) is 45.8 Å². The third kappa shape index (κ3) is 4.33. The number of likely N-dealkylation sites (N-methyl/N-ethyl adjacent to an activating group) is 1. The lowest BCUT2D eigenvalue weighted by Gasteiger charge is -2.29. The highest BCUT2D eigenvalue weighted by molar-refractivity contribution is 5.12. The zero-order valence-electron chi connectivity index (χ0n) is 13.2. The Hall–Kier alpha value is -0.840. The SMILES string of the molecule is CCNCc1coc(CN2CCCN(C)CC2CC)c1. The summed E-state index contributed by atoms with van der Waals surface area (Å²) >= 11 is 0. The predicted octanol–water partition coefficient (Wildman–Crippen LogP) is 2.31. The molecule has 20 heavy (non-hydrogen) atoms. The van der Waals surface area contributed by atoms with Crippen molar-refractivity contribution < 1.29 is 4.42 Å². The van der Waals surface area contributed by atoms with Crippen molar-refractivity contribution in [3.63, 3.8) is 0 Å². The fraction of sp³-hybridized carbons (Fsp3) is 0.750. The van der Waals surface area contributed by atoms with E-state index in [1.165, 1.54) is 38.0 Å². The van der Waals surface area contributed by atoms with Gasteiger partial charge < -0.3 is 14.6 Å². The molecule has 1 aliphatic rings. The Morgan fingerprint density at radius 1 is 1.35 bits per heavy atom. The Balaban J connectivity index is 1.94. The summed E-state index contributed by atoms with van der Waals surface area (Å²) in [6.45, 7) is 10.8. The Morgan fingerprint density at radius 2 is 2.20 bits per heavy atom. The molecule has 0 amide bonds. The highest BCUT2D eigenvalue weighted by Crippen LogP contribution is 2.17. The van der Waals surface area contributed by atoms with Crippen LogP contribution in [0.2, 0.25) is 0 Å². The van der Waals surface area contributed by atoms with Gasteiger partial charge in [0.1, 0.15) is 5.76 Å². The summed E-state index contributed by atoms with van der Waals surface area (Å²) in [5.41, 5.74) is 1.25. The maximum Gasteiger partial charge on any atom is 0.118 e. The standard InChI is InChI=1S/C16H29N3O/c1-4-15-11-18(3)7-6-8-19(15)12-16-9-14(13-20-16)10-17-5-2/h9,13,15,17H,4-8,10-12H2,1-3H3. The van der Waals surface area contributed by atoms with Crippen LogP contribution >= 0.6 is 0 Å². The number of hydrogen-bond acceptors (Lipinski definition) is 4. The summed E-state index contributed by atoms with van der Waals surface area (Å²) in [5.74, 6) is 1.10. The average molecular weight is 279 g/mol. The third-order valence-corrected chi connectivity index (χ3v) is 4.14. The maximum atomic E-state index is 5.73. The van der Waals surface area contributed by atoms with Crippen LogP contribution in [0.15, 0.2) is 16.7 Å². The van der Waals surface area contributed by atoms with Gasteiger partial charge in [-0.3, -0.25) is 4.90 Å². The van der Waals surface area contributed by atoms with Crippen molar-refractivity contribution in [3.05, 3.63) is 23.7 Å². The minimum atomic E-state index is 0.643. The third-order valence-electron chi connectivity index (χ3n) is 4.14. The molecule has 1 saturated heterocycles. The van der Waals surface area contributed by atoms with Crippen LogP contribution in [0.1, 0.15) is 38.0 Å². The molecule has 0 aliphatic carbocycles. The fourth-order valence-corrected chi connectivity index (χ4v) is 2.96. The summed E-state index contributed by atoms with van der Waals surface area (Å²) < 4.78 is 5.73. The average Bonchev–Trinajstić information content (AvgIpc) is 2.81. The van der Waals surface area contributed by atoms with E-state index in [4.69, 9.17) is 4.42 Å². The molecule has 0 aromatic carbocycles. The van der Waals surface area contributed by atoms with E-state index in [-0.39, 0.29) is 0 Å². The monoisotopic (exact) mass is 279 g/mol. The van der Waals surface area contributed by atoms with Gasteiger partial charge in [0.05, 0.1) is 12.8 Å². The van der Waals surface area contributed by atoms with Crippen molar-refractivity contribution in [2.24, 2.45) is 0 Å². The van der Waals surface area contributed by atoms with E-state index in [0.717, 1.165) is 25.4 Å². The molecule has 1 fully saturated rings. The number of nitrogens with one attached hydrogen (secondary N) is 1. The predicted molar refractivity (Wildman–Crippen MR) is 82.7 cm³/mol. The van der Waals surface area contributed by atoms with Crippen molar-refractivity contribution in [1.29, 1.82) is 0 Å². The van der Waals surface area contributed by atoms with Gasteiger partial charge in [-0.1, -0.05) is 13.8 Å². The van der Waals surface area contributed by atoms with Gasteiger partial charge in [-0.2, -0.15) is 0 Å². The fourth-order valence-electron chi connectivity index (χ4n) is 2.96. The van der Waals surface area contributed by atoms with Gasteiger partial charge in [-0.05, 0) is 39.0 Å². The second-order valence-corrected chi connectivity index (χ2v) is 5.85. The molecule has 0 saturated carbocycles. The van der Waals surface area contributed by atoms with E-state index in [0.29, 0.717) is 6.04 Å². The van der Waals surface area contributed by atoms with Gasteiger partial charge in [0.25, 0.3) is 0 Å². The molecule has 4 nitrogen and oxygen atoms in total. The summed E-state index contributed by atoms with van der Waals surface area (Å²) in [7, 11) is 2.23. The van der Waals surface area contributed by atoms with Gasteiger partial charge >= 0.3 is 0 Å². The normalized spacial score (nSPS) is 22.1. The number of furan rings is 1. The minimum absolute atomic E-state index is 0.643. The van der Waals surface area contributed by atoms with Crippen molar-refractivity contribution in [1.82, 2.24) is 15.1 Å². The first-order valence-electron chi connectivity index (χ1n) is 7.92. The van der Waals surface area contributed by atoms with Gasteiger partial charge in [-0.15, -0.1) is 0 Å². The molecule has 0 spiro atoms. The minimum Gasteiger partial charge on any atom is -0.468 e. The Kier molecular flexibility index (Phi) is 6.07. The Morgan fingerprint density at radius 3 is 2.95 bits per heavy atom. The summed E-state index contributed by atoms with van der Waals surface area (Å²) in [4.78, 5) is 5.03. The first kappa shape index (κ1) is 15.5. The molecule has 1 aliphatic heterocycles.